The van der Waals surface area contributed by atoms with Crippen molar-refractivity contribution in [1.82, 2.24) is 0 Å². The van der Waals surface area contributed by atoms with Crippen LogP contribution in [0.25, 0.3) is 20.9 Å². The summed E-state index contributed by atoms with van der Waals surface area (Å²) in [5.74, 6) is 0.0130. The Hall–Kier alpha value is -2.77. The normalized spacial score (nSPS) is 13.7. The highest BCUT2D eigenvalue weighted by Crippen LogP contribution is 2.27. The number of esters is 1. The van der Waals surface area contributed by atoms with Crippen LogP contribution >= 0.6 is 0 Å². The second-order valence-corrected chi connectivity index (χ2v) is 13.4. The highest BCUT2D eigenvalue weighted by Gasteiger charge is 2.28. The van der Waals surface area contributed by atoms with Crippen LogP contribution in [0, 0.1) is 5.92 Å². The first-order valence-corrected chi connectivity index (χ1v) is 14.5. The maximum absolute atomic E-state index is 10.9. The number of fused-ring (bicyclic) bond motifs is 1. The van der Waals surface area contributed by atoms with E-state index in [1.165, 1.54) is 12.0 Å². The minimum atomic E-state index is -1.45. The van der Waals surface area contributed by atoms with Crippen LogP contribution < -0.4 is 0 Å². The number of azide groups is 2. The summed E-state index contributed by atoms with van der Waals surface area (Å²) < 4.78 is 8.12. The number of hydrogen-bond donors (Lipinski definition) is 1. The zero-order valence-electron chi connectivity index (χ0n) is 21.5. The molecule has 2 rings (SSSR count). The Kier molecular flexibility index (Phi) is 20.7. The third-order valence-electron chi connectivity index (χ3n) is 4.01. The molecule has 1 aliphatic rings. The molecule has 1 N–H and O–H groups in total. The molecule has 0 aliphatic carbocycles. The first kappa shape index (κ1) is 35.8. The lowest BCUT2D eigenvalue weighted by Gasteiger charge is -2.10. The molecule has 1 aliphatic heterocycles. The first-order chi connectivity index (χ1) is 15.3. The predicted octanol–water partition coefficient (Wildman–Crippen LogP) is 8.71. The number of aliphatic hydroxyl groups is 1. The second-order valence-electron chi connectivity index (χ2n) is 8.82. The topological polar surface area (TPSA) is 144 Å². The molecule has 0 amide bonds. The number of aliphatic hydroxyl groups excluding tert-OH is 1. The van der Waals surface area contributed by atoms with Gasteiger partial charge in [-0.3, -0.25) is 0 Å². The Bertz CT molecular complexity index is 835. The van der Waals surface area contributed by atoms with Gasteiger partial charge < -0.3 is 9.84 Å². The zero-order valence-corrected chi connectivity index (χ0v) is 22.5. The molecule has 2 unspecified atom stereocenters. The van der Waals surface area contributed by atoms with E-state index < -0.39 is 20.5 Å². The van der Waals surface area contributed by atoms with Gasteiger partial charge in [-0.2, -0.15) is 0 Å². The van der Waals surface area contributed by atoms with Crippen molar-refractivity contribution in [2.45, 2.75) is 93.8 Å². The van der Waals surface area contributed by atoms with E-state index in [0.29, 0.717) is 17.0 Å². The average Bonchev–Trinajstić information content (AvgIpc) is 3.00. The number of hydrogen-bond acceptors (Lipinski definition) is 5. The predicted molar refractivity (Wildman–Crippen MR) is 144 cm³/mol. The molecule has 0 saturated carbocycles. The molecule has 1 aromatic rings. The molecule has 0 radical (unpaired) electrons. The van der Waals surface area contributed by atoms with E-state index in [4.69, 9.17) is 16.2 Å². The molecule has 9 nitrogen and oxygen atoms in total. The van der Waals surface area contributed by atoms with Gasteiger partial charge >= 0.3 is 5.97 Å². The van der Waals surface area contributed by atoms with Crippen molar-refractivity contribution >= 4 is 14.2 Å². The van der Waals surface area contributed by atoms with Crippen LogP contribution in [-0.4, -0.2) is 25.4 Å². The van der Waals surface area contributed by atoms with E-state index in [2.05, 4.69) is 65.1 Å². The summed E-state index contributed by atoms with van der Waals surface area (Å²) in [5, 5.41) is 12.7. The van der Waals surface area contributed by atoms with Crippen molar-refractivity contribution in [2.24, 2.45) is 15.8 Å². The lowest BCUT2D eigenvalue weighted by Crippen LogP contribution is -2.13. The molecular weight excluding hydrogens is 448 g/mol. The number of rotatable bonds is 5. The smallest absolute Gasteiger partial charge is 0.341 e. The maximum atomic E-state index is 10.9. The SMILES string of the molecule is C.CCC(N=[N+]=[N-])C(C)C.CCC=C(C)C.C[Si](C)(C)N=[N+]=[N-].O=C1OC(O)c2ccccc21. The van der Waals surface area contributed by atoms with Crippen molar-refractivity contribution in [3.63, 3.8) is 0 Å². The number of nitrogens with zero attached hydrogens (tertiary/aromatic N) is 6. The molecule has 2 atom stereocenters. The van der Waals surface area contributed by atoms with Crippen LogP contribution in [-0.2, 0) is 4.74 Å². The standard InChI is InChI=1S/C8H6O3.C6H13N3.C6H12.C3H9N3Si.CH4/c9-7-5-3-1-2-4-6(5)8(10)11-7;1-4-6(5(2)3)8-9-7;1-4-5-6(2)3;1-7(2,3)6-5-4;/h1-4,7,9H;5-6H,4H2,1-3H3;5H,4H2,1-3H3;1-3H3;1H4. The van der Waals surface area contributed by atoms with Gasteiger partial charge in [0.2, 0.25) is 6.29 Å². The molecule has 192 valence electrons. The van der Waals surface area contributed by atoms with Crippen LogP contribution in [0.5, 0.6) is 0 Å². The summed E-state index contributed by atoms with van der Waals surface area (Å²) >= 11 is 0. The van der Waals surface area contributed by atoms with Gasteiger partial charge in [0.15, 0.2) is 0 Å². The van der Waals surface area contributed by atoms with Crippen LogP contribution in [0.3, 0.4) is 0 Å². The first-order valence-electron chi connectivity index (χ1n) is 11.1. The molecule has 10 heteroatoms. The molecule has 0 spiro atoms. The minimum Gasteiger partial charge on any atom is -0.428 e. The molecule has 0 saturated heterocycles. The molecule has 0 bridgehead atoms. The zero-order chi connectivity index (χ0) is 26.0. The Morgan fingerprint density at radius 2 is 1.74 bits per heavy atom. The largest absolute Gasteiger partial charge is 0.428 e. The van der Waals surface area contributed by atoms with Crippen LogP contribution in [0.4, 0.5) is 0 Å². The van der Waals surface area contributed by atoms with E-state index in [-0.39, 0.29) is 13.5 Å². The number of carbonyl (C=O) groups is 1. The lowest BCUT2D eigenvalue weighted by atomic mass is 10.0. The van der Waals surface area contributed by atoms with Crippen molar-refractivity contribution in [2.75, 3.05) is 0 Å². The summed E-state index contributed by atoms with van der Waals surface area (Å²) in [6.45, 7) is 18.5. The molecule has 0 fully saturated rings. The van der Waals surface area contributed by atoms with Crippen LogP contribution in [0.1, 0.15) is 84.0 Å². The van der Waals surface area contributed by atoms with Crippen molar-refractivity contribution < 1.29 is 14.6 Å². The summed E-state index contributed by atoms with van der Waals surface area (Å²) in [6.07, 6.45) is 3.24. The minimum absolute atomic E-state index is 0. The second kappa shape index (κ2) is 19.7. The van der Waals surface area contributed by atoms with Crippen LogP contribution in [0.15, 0.2) is 45.8 Å². The number of ether oxygens (including phenoxy) is 1. The van der Waals surface area contributed by atoms with Gasteiger partial charge in [0.1, 0.15) is 8.24 Å². The van der Waals surface area contributed by atoms with Crippen molar-refractivity contribution in [3.05, 3.63) is 67.9 Å². The Morgan fingerprint density at radius 3 is 2.00 bits per heavy atom. The van der Waals surface area contributed by atoms with Gasteiger partial charge in [0, 0.05) is 16.5 Å². The summed E-state index contributed by atoms with van der Waals surface area (Å²) in [4.78, 5) is 16.3. The number of cyclic esters (lactones) is 1. The fourth-order valence-corrected chi connectivity index (χ4v) is 2.69. The Morgan fingerprint density at radius 1 is 1.18 bits per heavy atom. The molecule has 34 heavy (non-hydrogen) atoms. The van der Waals surface area contributed by atoms with Gasteiger partial charge in [-0.05, 0) is 54.6 Å². The summed E-state index contributed by atoms with van der Waals surface area (Å²) in [6, 6.07) is 6.97. The summed E-state index contributed by atoms with van der Waals surface area (Å²) in [5.41, 5.74) is 18.4. The van der Waals surface area contributed by atoms with Gasteiger partial charge in [-0.25, -0.2) is 4.79 Å². The number of allylic oxidation sites excluding steroid dienone is 2. The number of carbonyl (C=O) groups excluding carboxylic acids is 1. The number of benzene rings is 1. The Balaban J connectivity index is -0.000000385. The van der Waals surface area contributed by atoms with E-state index in [1.54, 1.807) is 24.3 Å². The highest BCUT2D eigenvalue weighted by atomic mass is 28.3. The van der Waals surface area contributed by atoms with E-state index in [0.717, 1.165) is 6.42 Å². The van der Waals surface area contributed by atoms with E-state index in [9.17, 15) is 4.79 Å². The molecule has 1 aromatic carbocycles. The average molecular weight is 493 g/mol. The van der Waals surface area contributed by atoms with Crippen molar-refractivity contribution in [1.29, 1.82) is 0 Å². The fourth-order valence-electron chi connectivity index (χ4n) is 2.42. The highest BCUT2D eigenvalue weighted by molar-refractivity contribution is 6.74. The lowest BCUT2D eigenvalue weighted by molar-refractivity contribution is -0.0547. The maximum Gasteiger partial charge on any atom is 0.341 e. The van der Waals surface area contributed by atoms with Crippen LogP contribution in [0.2, 0.25) is 19.6 Å². The Labute approximate surface area is 206 Å². The van der Waals surface area contributed by atoms with Gasteiger partial charge in [0.25, 0.3) is 0 Å². The van der Waals surface area contributed by atoms with E-state index in [1.807, 2.05) is 26.6 Å². The molecule has 1 heterocycles. The third kappa shape index (κ3) is 17.7. The molecule has 0 aromatic heterocycles. The van der Waals surface area contributed by atoms with Gasteiger partial charge in [-0.1, -0.05) is 89.7 Å². The van der Waals surface area contributed by atoms with Crippen molar-refractivity contribution in [3.8, 4) is 0 Å². The van der Waals surface area contributed by atoms with E-state index >= 15 is 0 Å². The monoisotopic (exact) mass is 492 g/mol. The fraction of sp³-hybridized carbons (Fsp3) is 0.625. The van der Waals surface area contributed by atoms with Gasteiger partial charge in [0.05, 0.1) is 5.56 Å². The third-order valence-corrected chi connectivity index (χ3v) is 4.70. The van der Waals surface area contributed by atoms with Gasteiger partial charge in [-0.15, -0.1) is 4.78 Å². The quantitative estimate of drug-likeness (QED) is 0.109. The molecular formula is C24H44N6O3Si. The summed E-state index contributed by atoms with van der Waals surface area (Å²) in [7, 11) is -1.45.